The predicted molar refractivity (Wildman–Crippen MR) is 70.5 cm³/mol. The number of aryl methyl sites for hydroxylation is 1. The van der Waals surface area contributed by atoms with Crippen molar-refractivity contribution in [3.63, 3.8) is 0 Å². The Labute approximate surface area is 110 Å². The van der Waals surface area contributed by atoms with Gasteiger partial charge in [-0.2, -0.15) is 0 Å². The number of anilines is 1. The molecule has 3 aromatic rings. The van der Waals surface area contributed by atoms with Crippen molar-refractivity contribution in [1.82, 2.24) is 10.2 Å². The van der Waals surface area contributed by atoms with Gasteiger partial charge in [0.15, 0.2) is 0 Å². The van der Waals surface area contributed by atoms with E-state index in [9.17, 15) is 0 Å². The Morgan fingerprint density at radius 2 is 1.95 bits per heavy atom. The number of hydrogen-bond acceptors (Lipinski definition) is 5. The van der Waals surface area contributed by atoms with Crippen LogP contribution in [0.15, 0.2) is 51.6 Å². The van der Waals surface area contributed by atoms with E-state index >= 15 is 0 Å². The first-order chi connectivity index (χ1) is 9.31. The lowest BCUT2D eigenvalue weighted by Gasteiger charge is -2.04. The monoisotopic (exact) mass is 255 g/mol. The minimum Gasteiger partial charge on any atom is -0.465 e. The Bertz CT molecular complexity index is 642. The lowest BCUT2D eigenvalue weighted by Crippen LogP contribution is -1.97. The number of rotatable bonds is 4. The number of hydrogen-bond donors (Lipinski definition) is 1. The van der Waals surface area contributed by atoms with Gasteiger partial charge < -0.3 is 14.2 Å². The molecule has 0 aliphatic heterocycles. The van der Waals surface area contributed by atoms with E-state index in [4.69, 9.17) is 8.83 Å². The molecule has 2 aromatic heterocycles. The van der Waals surface area contributed by atoms with E-state index in [1.165, 1.54) is 6.39 Å². The van der Waals surface area contributed by atoms with E-state index in [0.717, 1.165) is 22.8 Å². The Hall–Kier alpha value is -2.56. The number of benzene rings is 1. The van der Waals surface area contributed by atoms with Gasteiger partial charge in [-0.25, -0.2) is 0 Å². The summed E-state index contributed by atoms with van der Waals surface area (Å²) in [4.78, 5) is 0. The summed E-state index contributed by atoms with van der Waals surface area (Å²) >= 11 is 0. The molecule has 3 rings (SSSR count). The number of aromatic nitrogens is 2. The van der Waals surface area contributed by atoms with Gasteiger partial charge in [0, 0.05) is 11.3 Å². The zero-order chi connectivity index (χ0) is 13.1. The molecule has 0 bridgehead atoms. The largest absolute Gasteiger partial charge is 0.465 e. The van der Waals surface area contributed by atoms with Gasteiger partial charge in [0.05, 0.1) is 6.54 Å². The molecule has 0 spiro atoms. The SMILES string of the molecule is Cc1ccc(CNc2ccc(-c3nnco3)cc2)o1. The fraction of sp³-hybridized carbons (Fsp3) is 0.143. The van der Waals surface area contributed by atoms with Gasteiger partial charge in [0.1, 0.15) is 11.5 Å². The van der Waals surface area contributed by atoms with Crippen molar-refractivity contribution in [2.75, 3.05) is 5.32 Å². The summed E-state index contributed by atoms with van der Waals surface area (Å²) in [5.74, 6) is 2.36. The Morgan fingerprint density at radius 3 is 2.58 bits per heavy atom. The maximum Gasteiger partial charge on any atom is 0.247 e. The van der Waals surface area contributed by atoms with Crippen molar-refractivity contribution >= 4 is 5.69 Å². The third-order valence-corrected chi connectivity index (χ3v) is 2.75. The van der Waals surface area contributed by atoms with Crippen LogP contribution in [0.2, 0.25) is 0 Å². The van der Waals surface area contributed by atoms with E-state index in [2.05, 4.69) is 15.5 Å². The van der Waals surface area contributed by atoms with E-state index in [1.54, 1.807) is 0 Å². The average molecular weight is 255 g/mol. The Kier molecular flexibility index (Phi) is 3.02. The molecule has 0 aliphatic rings. The van der Waals surface area contributed by atoms with Crippen molar-refractivity contribution in [2.24, 2.45) is 0 Å². The van der Waals surface area contributed by atoms with Crippen LogP contribution in [0.5, 0.6) is 0 Å². The summed E-state index contributed by atoms with van der Waals surface area (Å²) < 4.78 is 10.6. The van der Waals surface area contributed by atoms with Gasteiger partial charge in [-0.1, -0.05) is 0 Å². The van der Waals surface area contributed by atoms with Crippen molar-refractivity contribution in [2.45, 2.75) is 13.5 Å². The van der Waals surface area contributed by atoms with Crippen molar-refractivity contribution in [1.29, 1.82) is 0 Å². The highest BCUT2D eigenvalue weighted by molar-refractivity contribution is 5.58. The van der Waals surface area contributed by atoms with Crippen LogP contribution in [0.3, 0.4) is 0 Å². The van der Waals surface area contributed by atoms with E-state index in [1.807, 2.05) is 43.3 Å². The molecule has 0 amide bonds. The fourth-order valence-electron chi connectivity index (χ4n) is 1.80. The number of furan rings is 1. The summed E-state index contributed by atoms with van der Waals surface area (Å²) in [5, 5.41) is 10.8. The molecule has 0 atom stereocenters. The molecule has 0 aliphatic carbocycles. The molecule has 0 saturated carbocycles. The molecular weight excluding hydrogens is 242 g/mol. The standard InChI is InChI=1S/C14H13N3O2/c1-10-2-7-13(19-10)8-15-12-5-3-11(4-6-12)14-17-16-9-18-14/h2-7,9,15H,8H2,1H3. The van der Waals surface area contributed by atoms with Crippen LogP contribution >= 0.6 is 0 Å². The van der Waals surface area contributed by atoms with E-state index < -0.39 is 0 Å². The Balaban J connectivity index is 1.66. The highest BCUT2D eigenvalue weighted by atomic mass is 16.4. The smallest absolute Gasteiger partial charge is 0.247 e. The fourth-order valence-corrected chi connectivity index (χ4v) is 1.80. The van der Waals surface area contributed by atoms with Gasteiger partial charge in [0.2, 0.25) is 12.3 Å². The lowest BCUT2D eigenvalue weighted by atomic mass is 10.2. The maximum atomic E-state index is 5.49. The lowest BCUT2D eigenvalue weighted by molar-refractivity contribution is 0.490. The molecule has 0 saturated heterocycles. The predicted octanol–water partition coefficient (Wildman–Crippen LogP) is 3.25. The van der Waals surface area contributed by atoms with Crippen molar-refractivity contribution in [3.05, 3.63) is 54.3 Å². The van der Waals surface area contributed by atoms with Crippen LogP contribution in [0.1, 0.15) is 11.5 Å². The third-order valence-electron chi connectivity index (χ3n) is 2.75. The summed E-state index contributed by atoms with van der Waals surface area (Å²) in [6.07, 6.45) is 1.32. The maximum absolute atomic E-state index is 5.49. The average Bonchev–Trinajstić information content (AvgIpc) is 3.08. The highest BCUT2D eigenvalue weighted by Gasteiger charge is 2.03. The molecule has 0 unspecified atom stereocenters. The number of nitrogens with one attached hydrogen (secondary N) is 1. The van der Waals surface area contributed by atoms with Crippen molar-refractivity contribution in [3.8, 4) is 11.5 Å². The minimum absolute atomic E-state index is 0.521. The molecule has 0 radical (unpaired) electrons. The second-order valence-corrected chi connectivity index (χ2v) is 4.19. The first-order valence-electron chi connectivity index (χ1n) is 5.97. The van der Waals surface area contributed by atoms with Crippen molar-refractivity contribution < 1.29 is 8.83 Å². The molecule has 5 nitrogen and oxygen atoms in total. The zero-order valence-corrected chi connectivity index (χ0v) is 10.5. The first kappa shape index (κ1) is 11.5. The highest BCUT2D eigenvalue weighted by Crippen LogP contribution is 2.19. The topological polar surface area (TPSA) is 64.1 Å². The summed E-state index contributed by atoms with van der Waals surface area (Å²) in [5.41, 5.74) is 1.91. The minimum atomic E-state index is 0.521. The van der Waals surface area contributed by atoms with Crippen LogP contribution < -0.4 is 5.32 Å². The van der Waals surface area contributed by atoms with Gasteiger partial charge in [-0.3, -0.25) is 0 Å². The van der Waals surface area contributed by atoms with Gasteiger partial charge in [-0.05, 0) is 43.3 Å². The molecule has 1 N–H and O–H groups in total. The first-order valence-corrected chi connectivity index (χ1v) is 5.97. The molecule has 0 fully saturated rings. The molecule has 5 heteroatoms. The van der Waals surface area contributed by atoms with Crippen LogP contribution in [0.4, 0.5) is 5.69 Å². The van der Waals surface area contributed by atoms with Crippen LogP contribution in [0, 0.1) is 6.92 Å². The molecular formula is C14H13N3O2. The van der Waals surface area contributed by atoms with E-state index in [0.29, 0.717) is 12.4 Å². The molecule has 2 heterocycles. The van der Waals surface area contributed by atoms with Crippen LogP contribution in [-0.2, 0) is 6.54 Å². The summed E-state index contributed by atoms with van der Waals surface area (Å²) in [6.45, 7) is 2.59. The van der Waals surface area contributed by atoms with Gasteiger partial charge in [-0.15, -0.1) is 10.2 Å². The molecule has 1 aromatic carbocycles. The number of nitrogens with zero attached hydrogens (tertiary/aromatic N) is 2. The summed E-state index contributed by atoms with van der Waals surface area (Å²) in [6, 6.07) is 11.7. The molecule has 19 heavy (non-hydrogen) atoms. The molecule has 96 valence electrons. The Morgan fingerprint density at radius 1 is 1.11 bits per heavy atom. The van der Waals surface area contributed by atoms with E-state index in [-0.39, 0.29) is 0 Å². The van der Waals surface area contributed by atoms with Gasteiger partial charge >= 0.3 is 0 Å². The zero-order valence-electron chi connectivity index (χ0n) is 10.5. The van der Waals surface area contributed by atoms with Crippen LogP contribution in [0.25, 0.3) is 11.5 Å². The quantitative estimate of drug-likeness (QED) is 0.775. The second kappa shape index (κ2) is 4.97. The van der Waals surface area contributed by atoms with Crippen LogP contribution in [-0.4, -0.2) is 10.2 Å². The second-order valence-electron chi connectivity index (χ2n) is 4.19. The normalized spacial score (nSPS) is 10.6. The summed E-state index contributed by atoms with van der Waals surface area (Å²) in [7, 11) is 0. The van der Waals surface area contributed by atoms with Gasteiger partial charge in [0.25, 0.3) is 0 Å². The third kappa shape index (κ3) is 2.65.